The SMILES string of the molecule is CCOC(=O)c1c(-c2ccc(OC)c(C(C)(C)C)c2)c(C=O)n2ccccc12. The second-order valence-electron chi connectivity index (χ2n) is 7.59. The van der Waals surface area contributed by atoms with Crippen molar-refractivity contribution >= 4 is 17.8 Å². The zero-order valence-corrected chi connectivity index (χ0v) is 16.9. The molecule has 3 rings (SSSR count). The van der Waals surface area contributed by atoms with E-state index in [1.165, 1.54) is 0 Å². The molecule has 1 aromatic carbocycles. The van der Waals surface area contributed by atoms with E-state index in [1.807, 2.05) is 36.4 Å². The smallest absolute Gasteiger partial charge is 0.340 e. The van der Waals surface area contributed by atoms with Crippen molar-refractivity contribution in [3.05, 3.63) is 59.4 Å². The first-order valence-corrected chi connectivity index (χ1v) is 9.27. The molecule has 0 fully saturated rings. The van der Waals surface area contributed by atoms with Crippen molar-refractivity contribution in [2.24, 2.45) is 0 Å². The van der Waals surface area contributed by atoms with Crippen molar-refractivity contribution in [2.75, 3.05) is 13.7 Å². The summed E-state index contributed by atoms with van der Waals surface area (Å²) in [7, 11) is 1.64. The molecule has 3 aromatic rings. The van der Waals surface area contributed by atoms with Gasteiger partial charge in [0, 0.05) is 17.3 Å². The molecule has 0 unspecified atom stereocenters. The molecule has 0 bridgehead atoms. The number of fused-ring (bicyclic) bond motifs is 1. The number of nitrogens with zero attached hydrogens (tertiary/aromatic N) is 1. The Kier molecular flexibility index (Phi) is 5.27. The van der Waals surface area contributed by atoms with E-state index in [9.17, 15) is 9.59 Å². The number of pyridine rings is 1. The average Bonchev–Trinajstić information content (AvgIpc) is 3.01. The molecule has 5 heteroatoms. The Morgan fingerprint density at radius 3 is 2.54 bits per heavy atom. The molecule has 0 radical (unpaired) electrons. The summed E-state index contributed by atoms with van der Waals surface area (Å²) >= 11 is 0. The first-order chi connectivity index (χ1) is 13.3. The predicted octanol–water partition coefficient (Wildman–Crippen LogP) is 4.90. The van der Waals surface area contributed by atoms with Crippen molar-refractivity contribution in [1.29, 1.82) is 0 Å². The summed E-state index contributed by atoms with van der Waals surface area (Å²) in [6.07, 6.45) is 2.56. The molecule has 0 spiro atoms. The minimum atomic E-state index is -0.442. The summed E-state index contributed by atoms with van der Waals surface area (Å²) in [5.74, 6) is 0.327. The van der Waals surface area contributed by atoms with Gasteiger partial charge in [-0.1, -0.05) is 32.9 Å². The monoisotopic (exact) mass is 379 g/mol. The molecule has 2 heterocycles. The summed E-state index contributed by atoms with van der Waals surface area (Å²) < 4.78 is 12.6. The third kappa shape index (κ3) is 3.28. The number of aldehydes is 1. The van der Waals surface area contributed by atoms with Gasteiger partial charge in [-0.25, -0.2) is 4.79 Å². The lowest BCUT2D eigenvalue weighted by atomic mass is 9.84. The fraction of sp³-hybridized carbons (Fsp3) is 0.304. The maximum Gasteiger partial charge on any atom is 0.340 e. The first-order valence-electron chi connectivity index (χ1n) is 9.27. The molecule has 0 amide bonds. The Bertz CT molecular complexity index is 1040. The minimum absolute atomic E-state index is 0.175. The quantitative estimate of drug-likeness (QED) is 0.467. The Balaban J connectivity index is 2.39. The van der Waals surface area contributed by atoms with Crippen LogP contribution in [0.1, 0.15) is 54.1 Å². The zero-order chi connectivity index (χ0) is 20.5. The van der Waals surface area contributed by atoms with Crippen LogP contribution in [-0.4, -0.2) is 30.4 Å². The van der Waals surface area contributed by atoms with Gasteiger partial charge >= 0.3 is 5.97 Å². The second-order valence-corrected chi connectivity index (χ2v) is 7.59. The first kappa shape index (κ1) is 19.7. The standard InChI is InChI=1S/C23H25NO4/c1-6-28-22(26)21-17-9-7-8-12-24(17)18(14-25)20(21)15-10-11-19(27-5)16(13-15)23(2,3)4/h7-14H,6H2,1-5H3. The maximum absolute atomic E-state index is 12.8. The van der Waals surface area contributed by atoms with E-state index in [0.717, 1.165) is 23.2 Å². The number of esters is 1. The van der Waals surface area contributed by atoms with Crippen molar-refractivity contribution < 1.29 is 19.1 Å². The van der Waals surface area contributed by atoms with Crippen molar-refractivity contribution in [3.8, 4) is 16.9 Å². The van der Waals surface area contributed by atoms with Gasteiger partial charge in [-0.05, 0) is 42.2 Å². The van der Waals surface area contributed by atoms with Crippen LogP contribution in [0, 0.1) is 0 Å². The van der Waals surface area contributed by atoms with E-state index in [2.05, 4.69) is 20.8 Å². The van der Waals surface area contributed by atoms with Gasteiger partial charge < -0.3 is 13.9 Å². The van der Waals surface area contributed by atoms with Gasteiger partial charge in [-0.2, -0.15) is 0 Å². The van der Waals surface area contributed by atoms with Crippen LogP contribution >= 0.6 is 0 Å². The summed E-state index contributed by atoms with van der Waals surface area (Å²) in [6, 6.07) is 11.2. The highest BCUT2D eigenvalue weighted by atomic mass is 16.5. The van der Waals surface area contributed by atoms with E-state index < -0.39 is 5.97 Å². The summed E-state index contributed by atoms with van der Waals surface area (Å²) in [5.41, 5.74) is 3.64. The summed E-state index contributed by atoms with van der Waals surface area (Å²) in [5, 5.41) is 0. The highest BCUT2D eigenvalue weighted by molar-refractivity contribution is 6.09. The van der Waals surface area contributed by atoms with Gasteiger partial charge in [-0.15, -0.1) is 0 Å². The van der Waals surface area contributed by atoms with Crippen LogP contribution < -0.4 is 4.74 Å². The molecule has 0 aliphatic heterocycles. The molecule has 0 N–H and O–H groups in total. The molecule has 0 saturated heterocycles. The van der Waals surface area contributed by atoms with Crippen LogP contribution in [0.15, 0.2) is 42.6 Å². The lowest BCUT2D eigenvalue weighted by Crippen LogP contribution is -2.13. The number of hydrogen-bond donors (Lipinski definition) is 0. The fourth-order valence-electron chi connectivity index (χ4n) is 3.50. The molecule has 28 heavy (non-hydrogen) atoms. The second kappa shape index (κ2) is 7.50. The molecule has 0 atom stereocenters. The van der Waals surface area contributed by atoms with Gasteiger partial charge in [0.25, 0.3) is 0 Å². The van der Waals surface area contributed by atoms with Gasteiger partial charge in [0.2, 0.25) is 0 Å². The molecule has 0 aliphatic rings. The van der Waals surface area contributed by atoms with Crippen LogP contribution in [0.25, 0.3) is 16.6 Å². The van der Waals surface area contributed by atoms with Crippen LogP contribution in [0.5, 0.6) is 5.75 Å². The molecule has 0 aliphatic carbocycles. The number of rotatable bonds is 5. The average molecular weight is 379 g/mol. The van der Waals surface area contributed by atoms with Crippen LogP contribution in [0.4, 0.5) is 0 Å². The zero-order valence-electron chi connectivity index (χ0n) is 16.9. The van der Waals surface area contributed by atoms with E-state index in [0.29, 0.717) is 22.3 Å². The van der Waals surface area contributed by atoms with Crippen molar-refractivity contribution in [2.45, 2.75) is 33.1 Å². The minimum Gasteiger partial charge on any atom is -0.496 e. The normalized spacial score (nSPS) is 11.5. The molecule has 2 aromatic heterocycles. The van der Waals surface area contributed by atoms with E-state index in [-0.39, 0.29) is 12.0 Å². The highest BCUT2D eigenvalue weighted by Gasteiger charge is 2.27. The summed E-state index contributed by atoms with van der Waals surface area (Å²) in [6.45, 7) is 8.31. The number of methoxy groups -OCH3 is 1. The highest BCUT2D eigenvalue weighted by Crippen LogP contribution is 2.39. The number of carbonyl (C=O) groups excluding carboxylic acids is 2. The van der Waals surface area contributed by atoms with Crippen molar-refractivity contribution in [1.82, 2.24) is 4.40 Å². The predicted molar refractivity (Wildman–Crippen MR) is 109 cm³/mol. The number of aromatic nitrogens is 1. The van der Waals surface area contributed by atoms with E-state index in [4.69, 9.17) is 9.47 Å². The third-order valence-corrected chi connectivity index (χ3v) is 4.77. The molecule has 5 nitrogen and oxygen atoms in total. The van der Waals surface area contributed by atoms with Gasteiger partial charge in [0.15, 0.2) is 6.29 Å². The van der Waals surface area contributed by atoms with E-state index in [1.54, 1.807) is 24.6 Å². The van der Waals surface area contributed by atoms with Crippen LogP contribution in [0.2, 0.25) is 0 Å². The lowest BCUT2D eigenvalue weighted by molar-refractivity contribution is 0.0529. The molecular formula is C23H25NO4. The number of benzene rings is 1. The Morgan fingerprint density at radius 2 is 1.93 bits per heavy atom. The third-order valence-electron chi connectivity index (χ3n) is 4.77. The lowest BCUT2D eigenvalue weighted by Gasteiger charge is -2.23. The van der Waals surface area contributed by atoms with Gasteiger partial charge in [0.05, 0.1) is 30.5 Å². The van der Waals surface area contributed by atoms with Gasteiger partial charge in [-0.3, -0.25) is 4.79 Å². The fourth-order valence-corrected chi connectivity index (χ4v) is 3.50. The number of ether oxygens (including phenoxy) is 2. The topological polar surface area (TPSA) is 57.0 Å². The summed E-state index contributed by atoms with van der Waals surface area (Å²) in [4.78, 5) is 24.8. The van der Waals surface area contributed by atoms with Crippen molar-refractivity contribution in [3.63, 3.8) is 0 Å². The van der Waals surface area contributed by atoms with Crippen LogP contribution in [-0.2, 0) is 10.2 Å². The molecule has 146 valence electrons. The largest absolute Gasteiger partial charge is 0.496 e. The Hall–Kier alpha value is -3.08. The Labute approximate surface area is 164 Å². The Morgan fingerprint density at radius 1 is 1.18 bits per heavy atom. The number of carbonyl (C=O) groups is 2. The molecule has 0 saturated carbocycles. The van der Waals surface area contributed by atoms with E-state index >= 15 is 0 Å². The van der Waals surface area contributed by atoms with Gasteiger partial charge in [0.1, 0.15) is 5.75 Å². The maximum atomic E-state index is 12.8. The molecular weight excluding hydrogens is 354 g/mol. The number of hydrogen-bond acceptors (Lipinski definition) is 4. The van der Waals surface area contributed by atoms with Crippen LogP contribution in [0.3, 0.4) is 0 Å².